The van der Waals surface area contributed by atoms with Crippen LogP contribution in [0.5, 0.6) is 0 Å². The Hall–Kier alpha value is -2.09. The van der Waals surface area contributed by atoms with Crippen molar-refractivity contribution in [1.29, 1.82) is 0 Å². The van der Waals surface area contributed by atoms with Crippen molar-refractivity contribution in [3.63, 3.8) is 0 Å². The van der Waals surface area contributed by atoms with Gasteiger partial charge in [0.15, 0.2) is 0 Å². The molecule has 76 valence electrons. The number of hydrogen-bond donors (Lipinski definition) is 1. The molecule has 2 heteroatoms. The minimum absolute atomic E-state index is 0.158. The Morgan fingerprint density at radius 2 is 1.93 bits per heavy atom. The van der Waals surface area contributed by atoms with E-state index in [4.69, 9.17) is 0 Å². The summed E-state index contributed by atoms with van der Waals surface area (Å²) in [6.45, 7) is 7.22. The second-order valence-electron chi connectivity index (χ2n) is 2.94. The van der Waals surface area contributed by atoms with Crippen LogP contribution in [0.1, 0.15) is 10.4 Å². The number of hydrogen-bond acceptors (Lipinski definition) is 1. The summed E-state index contributed by atoms with van der Waals surface area (Å²) >= 11 is 0. The summed E-state index contributed by atoms with van der Waals surface area (Å²) in [5.74, 6) is -0.158. The van der Waals surface area contributed by atoms with Crippen molar-refractivity contribution in [2.75, 3.05) is 0 Å². The van der Waals surface area contributed by atoms with Crippen molar-refractivity contribution >= 4 is 5.91 Å². The molecule has 0 aliphatic heterocycles. The van der Waals surface area contributed by atoms with Crippen LogP contribution in [0.2, 0.25) is 0 Å². The predicted octanol–water partition coefficient (Wildman–Crippen LogP) is 2.67. The van der Waals surface area contributed by atoms with Gasteiger partial charge in [0.05, 0.1) is 0 Å². The summed E-state index contributed by atoms with van der Waals surface area (Å²) in [7, 11) is 0. The summed E-state index contributed by atoms with van der Waals surface area (Å²) in [4.78, 5) is 11.6. The van der Waals surface area contributed by atoms with E-state index in [9.17, 15) is 4.79 Å². The standard InChI is InChI=1S/C13H13NO/c1-3-4-8-11(2)14-13(15)12-9-6-5-7-10-12/h3-10H,1-2H2,(H,14,15). The molecule has 0 heterocycles. The number of allylic oxidation sites excluding steroid dienone is 3. The van der Waals surface area contributed by atoms with Gasteiger partial charge in [0, 0.05) is 11.3 Å². The van der Waals surface area contributed by atoms with Crippen LogP contribution in [0, 0.1) is 0 Å². The molecule has 0 saturated carbocycles. The first-order valence-corrected chi connectivity index (χ1v) is 4.58. The Labute approximate surface area is 89.6 Å². The van der Waals surface area contributed by atoms with Crippen LogP contribution in [0.15, 0.2) is 67.4 Å². The largest absolute Gasteiger partial charge is 0.323 e. The van der Waals surface area contributed by atoms with Crippen LogP contribution < -0.4 is 5.32 Å². The number of rotatable bonds is 4. The molecule has 0 fully saturated rings. The summed E-state index contributed by atoms with van der Waals surface area (Å²) in [5, 5.41) is 2.66. The molecule has 1 N–H and O–H groups in total. The van der Waals surface area contributed by atoms with Gasteiger partial charge >= 0.3 is 0 Å². The van der Waals surface area contributed by atoms with Gasteiger partial charge in [0.25, 0.3) is 5.91 Å². The third kappa shape index (κ3) is 3.65. The van der Waals surface area contributed by atoms with Gasteiger partial charge in [-0.3, -0.25) is 4.79 Å². The van der Waals surface area contributed by atoms with E-state index in [1.165, 1.54) is 0 Å². The maximum atomic E-state index is 11.6. The number of carbonyl (C=O) groups excluding carboxylic acids is 1. The zero-order chi connectivity index (χ0) is 11.1. The second kappa shape index (κ2) is 5.60. The number of amides is 1. The third-order valence-electron chi connectivity index (χ3n) is 1.74. The molecule has 15 heavy (non-hydrogen) atoms. The van der Waals surface area contributed by atoms with E-state index in [1.54, 1.807) is 30.4 Å². The maximum Gasteiger partial charge on any atom is 0.255 e. The van der Waals surface area contributed by atoms with Crippen LogP contribution in [-0.2, 0) is 0 Å². The summed E-state index contributed by atoms with van der Waals surface area (Å²) in [5.41, 5.74) is 1.16. The second-order valence-corrected chi connectivity index (χ2v) is 2.94. The van der Waals surface area contributed by atoms with Crippen molar-refractivity contribution < 1.29 is 4.79 Å². The summed E-state index contributed by atoms with van der Waals surface area (Å²) < 4.78 is 0. The van der Waals surface area contributed by atoms with Gasteiger partial charge in [-0.15, -0.1) is 0 Å². The molecule has 1 aromatic rings. The molecule has 0 aliphatic carbocycles. The van der Waals surface area contributed by atoms with Crippen molar-refractivity contribution in [2.45, 2.75) is 0 Å². The molecule has 0 aromatic heterocycles. The number of carbonyl (C=O) groups is 1. The monoisotopic (exact) mass is 199 g/mol. The molecule has 1 rings (SSSR count). The lowest BCUT2D eigenvalue weighted by atomic mass is 10.2. The minimum Gasteiger partial charge on any atom is -0.323 e. The Morgan fingerprint density at radius 3 is 2.53 bits per heavy atom. The van der Waals surface area contributed by atoms with Crippen molar-refractivity contribution in [2.24, 2.45) is 0 Å². The Bertz CT molecular complexity index is 390. The fourth-order valence-electron chi connectivity index (χ4n) is 1.03. The highest BCUT2D eigenvalue weighted by Crippen LogP contribution is 1.99. The van der Waals surface area contributed by atoms with E-state index in [0.717, 1.165) is 0 Å². The van der Waals surface area contributed by atoms with E-state index in [0.29, 0.717) is 11.3 Å². The minimum atomic E-state index is -0.158. The lowest BCUT2D eigenvalue weighted by Gasteiger charge is -2.03. The highest BCUT2D eigenvalue weighted by molar-refractivity contribution is 5.95. The normalized spacial score (nSPS) is 9.87. The van der Waals surface area contributed by atoms with Crippen molar-refractivity contribution in [1.82, 2.24) is 5.32 Å². The molecule has 0 spiro atoms. The first-order valence-electron chi connectivity index (χ1n) is 4.58. The molecule has 0 saturated heterocycles. The Balaban J connectivity index is 2.61. The molecule has 0 atom stereocenters. The lowest BCUT2D eigenvalue weighted by molar-refractivity contribution is 0.0967. The van der Waals surface area contributed by atoms with E-state index in [2.05, 4.69) is 18.5 Å². The SMILES string of the molecule is C=CC=CC(=C)NC(=O)c1ccccc1. The fourth-order valence-corrected chi connectivity index (χ4v) is 1.03. The van der Waals surface area contributed by atoms with Gasteiger partial charge in [-0.05, 0) is 18.2 Å². The zero-order valence-electron chi connectivity index (χ0n) is 8.44. The van der Waals surface area contributed by atoms with Crippen LogP contribution in [0.4, 0.5) is 0 Å². The summed E-state index contributed by atoms with van der Waals surface area (Å²) in [6, 6.07) is 9.00. The van der Waals surface area contributed by atoms with Crippen LogP contribution in [0.3, 0.4) is 0 Å². The van der Waals surface area contributed by atoms with Crippen LogP contribution in [-0.4, -0.2) is 5.91 Å². The molecule has 0 bridgehead atoms. The van der Waals surface area contributed by atoms with E-state index in [1.807, 2.05) is 18.2 Å². The predicted molar refractivity (Wildman–Crippen MR) is 62.4 cm³/mol. The van der Waals surface area contributed by atoms with Gasteiger partial charge in [-0.1, -0.05) is 43.5 Å². The highest BCUT2D eigenvalue weighted by atomic mass is 16.1. The van der Waals surface area contributed by atoms with E-state index >= 15 is 0 Å². The molecular weight excluding hydrogens is 186 g/mol. The van der Waals surface area contributed by atoms with Crippen molar-refractivity contribution in [3.8, 4) is 0 Å². The average Bonchev–Trinajstić information content (AvgIpc) is 2.27. The third-order valence-corrected chi connectivity index (χ3v) is 1.74. The first kappa shape index (κ1) is 11.0. The summed E-state index contributed by atoms with van der Waals surface area (Å²) in [6.07, 6.45) is 5.03. The highest BCUT2D eigenvalue weighted by Gasteiger charge is 2.03. The Kier molecular flexibility index (Phi) is 4.10. The van der Waals surface area contributed by atoms with E-state index in [-0.39, 0.29) is 5.91 Å². The first-order chi connectivity index (χ1) is 7.24. The molecule has 0 unspecified atom stereocenters. The molecule has 2 nitrogen and oxygen atoms in total. The molecule has 1 aromatic carbocycles. The van der Waals surface area contributed by atoms with Crippen LogP contribution >= 0.6 is 0 Å². The molecule has 0 aliphatic rings. The topological polar surface area (TPSA) is 29.1 Å². The number of nitrogens with one attached hydrogen (secondary N) is 1. The number of benzene rings is 1. The lowest BCUT2D eigenvalue weighted by Crippen LogP contribution is -2.20. The van der Waals surface area contributed by atoms with Gasteiger partial charge in [0.1, 0.15) is 0 Å². The quantitative estimate of drug-likeness (QED) is 0.742. The van der Waals surface area contributed by atoms with E-state index < -0.39 is 0 Å². The van der Waals surface area contributed by atoms with Gasteiger partial charge in [-0.2, -0.15) is 0 Å². The van der Waals surface area contributed by atoms with Crippen LogP contribution in [0.25, 0.3) is 0 Å². The molecular formula is C13H13NO. The maximum absolute atomic E-state index is 11.6. The smallest absolute Gasteiger partial charge is 0.255 e. The fraction of sp³-hybridized carbons (Fsp3) is 0. The molecule has 1 amide bonds. The average molecular weight is 199 g/mol. The zero-order valence-corrected chi connectivity index (χ0v) is 8.44. The molecule has 0 radical (unpaired) electrons. The Morgan fingerprint density at radius 1 is 1.27 bits per heavy atom. The van der Waals surface area contributed by atoms with Gasteiger partial charge < -0.3 is 5.32 Å². The van der Waals surface area contributed by atoms with Gasteiger partial charge in [0.2, 0.25) is 0 Å². The van der Waals surface area contributed by atoms with Crippen molar-refractivity contribution in [3.05, 3.63) is 73.0 Å². The van der Waals surface area contributed by atoms with Gasteiger partial charge in [-0.25, -0.2) is 0 Å².